The van der Waals surface area contributed by atoms with Crippen molar-refractivity contribution in [1.29, 1.82) is 0 Å². The van der Waals surface area contributed by atoms with E-state index < -0.39 is 0 Å². The fraction of sp³-hybridized carbons (Fsp3) is 0.154. The number of hydrogen-bond donors (Lipinski definition) is 1. The topological polar surface area (TPSA) is 45.2 Å². The number of halogens is 2. The molecule has 0 atom stereocenters. The second-order valence-corrected chi connectivity index (χ2v) is 8.60. The van der Waals surface area contributed by atoms with E-state index in [-0.39, 0.29) is 17.5 Å². The minimum Gasteiger partial charge on any atom is -0.347 e. The summed E-state index contributed by atoms with van der Waals surface area (Å²) in [6.07, 6.45) is 0. The summed E-state index contributed by atoms with van der Waals surface area (Å²) in [6.45, 7) is 1.71. The van der Waals surface area contributed by atoms with E-state index in [4.69, 9.17) is 0 Å². The van der Waals surface area contributed by atoms with Crippen LogP contribution in [0.4, 0.5) is 8.78 Å². The van der Waals surface area contributed by atoms with Gasteiger partial charge in [-0.05, 0) is 29.3 Å². The predicted molar refractivity (Wildman–Crippen MR) is 125 cm³/mol. The summed E-state index contributed by atoms with van der Waals surface area (Å²) in [7, 11) is 0. The van der Waals surface area contributed by atoms with Crippen LogP contribution in [0, 0.1) is 11.6 Å². The Hall–Kier alpha value is -3.42. The average molecular weight is 464 g/mol. The Morgan fingerprint density at radius 2 is 1.58 bits per heavy atom. The molecule has 0 bridgehead atoms. The van der Waals surface area contributed by atoms with Crippen LogP contribution in [0.25, 0.3) is 0 Å². The molecular weight excluding hydrogens is 440 g/mol. The van der Waals surface area contributed by atoms with Crippen molar-refractivity contribution in [3.05, 3.63) is 123 Å². The van der Waals surface area contributed by atoms with Gasteiger partial charge < -0.3 is 5.32 Å². The van der Waals surface area contributed by atoms with Gasteiger partial charge in [0, 0.05) is 30.6 Å². The van der Waals surface area contributed by atoms with Gasteiger partial charge in [0.2, 0.25) is 0 Å². The predicted octanol–water partition coefficient (Wildman–Crippen LogP) is 5.55. The molecule has 4 aromatic rings. The number of rotatable bonds is 9. The van der Waals surface area contributed by atoms with Crippen molar-refractivity contribution in [3.63, 3.8) is 0 Å². The molecule has 0 aliphatic heterocycles. The zero-order valence-electron chi connectivity index (χ0n) is 17.9. The van der Waals surface area contributed by atoms with Gasteiger partial charge in [0.05, 0.1) is 6.54 Å². The first-order chi connectivity index (χ1) is 16.1. The summed E-state index contributed by atoms with van der Waals surface area (Å²) >= 11 is 1.39. The van der Waals surface area contributed by atoms with Crippen molar-refractivity contribution in [2.75, 3.05) is 0 Å². The maximum atomic E-state index is 14.3. The van der Waals surface area contributed by atoms with Crippen molar-refractivity contribution >= 4 is 17.2 Å². The third-order valence-corrected chi connectivity index (χ3v) is 5.94. The van der Waals surface area contributed by atoms with E-state index in [2.05, 4.69) is 10.3 Å². The quantitative estimate of drug-likeness (QED) is 0.354. The summed E-state index contributed by atoms with van der Waals surface area (Å²) in [5.41, 5.74) is 2.84. The SMILES string of the molecule is O=C(NCc1ccccc1)c1csc(CN(Cc2ccc(F)cc2)Cc2ccccc2F)n1. The Kier molecular flexibility index (Phi) is 7.55. The highest BCUT2D eigenvalue weighted by atomic mass is 32.1. The largest absolute Gasteiger partial charge is 0.347 e. The molecule has 0 spiro atoms. The van der Waals surface area contributed by atoms with Crippen LogP contribution in [-0.2, 0) is 26.2 Å². The Balaban J connectivity index is 1.45. The van der Waals surface area contributed by atoms with Crippen molar-refractivity contribution in [2.24, 2.45) is 0 Å². The normalized spacial score (nSPS) is 11.0. The van der Waals surface area contributed by atoms with E-state index >= 15 is 0 Å². The number of hydrogen-bond acceptors (Lipinski definition) is 4. The molecule has 168 valence electrons. The molecule has 0 saturated heterocycles. The van der Waals surface area contributed by atoms with Gasteiger partial charge in [0.15, 0.2) is 0 Å². The molecule has 0 aliphatic carbocycles. The van der Waals surface area contributed by atoms with E-state index in [1.54, 1.807) is 35.7 Å². The molecule has 0 fully saturated rings. The number of thiazole rings is 1. The number of carbonyl (C=O) groups excluding carboxylic acids is 1. The monoisotopic (exact) mass is 463 g/mol. The lowest BCUT2D eigenvalue weighted by Gasteiger charge is -2.22. The number of nitrogens with one attached hydrogen (secondary N) is 1. The minimum absolute atomic E-state index is 0.236. The summed E-state index contributed by atoms with van der Waals surface area (Å²) < 4.78 is 27.6. The fourth-order valence-electron chi connectivity index (χ4n) is 3.43. The van der Waals surface area contributed by atoms with E-state index in [1.165, 1.54) is 29.5 Å². The van der Waals surface area contributed by atoms with Crippen molar-refractivity contribution in [3.8, 4) is 0 Å². The number of nitrogens with zero attached hydrogens (tertiary/aromatic N) is 2. The Bertz CT molecular complexity index is 1200. The third kappa shape index (κ3) is 6.54. The second-order valence-electron chi connectivity index (χ2n) is 7.66. The lowest BCUT2D eigenvalue weighted by molar-refractivity contribution is 0.0946. The number of benzene rings is 3. The van der Waals surface area contributed by atoms with E-state index in [9.17, 15) is 13.6 Å². The van der Waals surface area contributed by atoms with Crippen LogP contribution >= 0.6 is 11.3 Å². The number of carbonyl (C=O) groups is 1. The van der Waals surface area contributed by atoms with Crippen LogP contribution in [0.1, 0.15) is 32.2 Å². The first-order valence-corrected chi connectivity index (χ1v) is 11.4. The summed E-state index contributed by atoms with van der Waals surface area (Å²) in [5.74, 6) is -0.812. The lowest BCUT2D eigenvalue weighted by atomic mass is 10.1. The van der Waals surface area contributed by atoms with E-state index in [0.717, 1.165) is 16.1 Å². The first kappa shape index (κ1) is 22.8. The van der Waals surface area contributed by atoms with Crippen LogP contribution in [0.3, 0.4) is 0 Å². The van der Waals surface area contributed by atoms with Gasteiger partial charge in [-0.2, -0.15) is 0 Å². The standard InChI is InChI=1S/C26H23F2N3OS/c27-22-12-10-20(11-13-22)15-31(16-21-8-4-5-9-23(21)28)17-25-30-24(18-33-25)26(32)29-14-19-6-2-1-3-7-19/h1-13,18H,14-17H2,(H,29,32). The van der Waals surface area contributed by atoms with Gasteiger partial charge >= 0.3 is 0 Å². The molecule has 3 aromatic carbocycles. The lowest BCUT2D eigenvalue weighted by Crippen LogP contribution is -2.24. The van der Waals surface area contributed by atoms with Crippen LogP contribution in [0.5, 0.6) is 0 Å². The molecule has 1 aromatic heterocycles. The maximum absolute atomic E-state index is 14.3. The van der Waals surface area contributed by atoms with Crippen LogP contribution < -0.4 is 5.32 Å². The molecule has 1 heterocycles. The summed E-state index contributed by atoms with van der Waals surface area (Å²) in [4.78, 5) is 19.0. The van der Waals surface area contributed by atoms with Gasteiger partial charge in [0.1, 0.15) is 22.3 Å². The Labute approximate surface area is 195 Å². The number of aromatic nitrogens is 1. The third-order valence-electron chi connectivity index (χ3n) is 5.11. The highest BCUT2D eigenvalue weighted by molar-refractivity contribution is 7.09. The second kappa shape index (κ2) is 10.9. The average Bonchev–Trinajstić information content (AvgIpc) is 3.30. The first-order valence-electron chi connectivity index (χ1n) is 10.5. The van der Waals surface area contributed by atoms with Gasteiger partial charge in [-0.1, -0.05) is 60.7 Å². The van der Waals surface area contributed by atoms with Gasteiger partial charge in [0.25, 0.3) is 5.91 Å². The summed E-state index contributed by atoms with van der Waals surface area (Å²) in [6, 6.07) is 22.6. The molecule has 7 heteroatoms. The van der Waals surface area contributed by atoms with Crippen molar-refractivity contribution in [2.45, 2.75) is 26.2 Å². The van der Waals surface area contributed by atoms with Crippen molar-refractivity contribution < 1.29 is 13.6 Å². The maximum Gasteiger partial charge on any atom is 0.271 e. The molecule has 0 aliphatic rings. The molecular formula is C26H23F2N3OS. The molecule has 0 saturated carbocycles. The molecule has 0 unspecified atom stereocenters. The molecule has 0 radical (unpaired) electrons. The minimum atomic E-state index is -0.300. The van der Waals surface area contributed by atoms with Crippen LogP contribution in [-0.4, -0.2) is 15.8 Å². The van der Waals surface area contributed by atoms with Crippen LogP contribution in [0.15, 0.2) is 84.2 Å². The fourth-order valence-corrected chi connectivity index (χ4v) is 4.25. The Morgan fingerprint density at radius 3 is 2.33 bits per heavy atom. The van der Waals surface area contributed by atoms with Gasteiger partial charge in [-0.15, -0.1) is 11.3 Å². The van der Waals surface area contributed by atoms with Gasteiger partial charge in [-0.25, -0.2) is 13.8 Å². The molecule has 4 rings (SSSR count). The Morgan fingerprint density at radius 1 is 0.848 bits per heavy atom. The molecule has 1 N–H and O–H groups in total. The zero-order valence-corrected chi connectivity index (χ0v) is 18.7. The highest BCUT2D eigenvalue weighted by Crippen LogP contribution is 2.19. The molecule has 4 nitrogen and oxygen atoms in total. The van der Waals surface area contributed by atoms with E-state index in [1.807, 2.05) is 35.2 Å². The zero-order chi connectivity index (χ0) is 23.0. The summed E-state index contributed by atoms with van der Waals surface area (Å²) in [5, 5.41) is 5.36. The molecule has 33 heavy (non-hydrogen) atoms. The number of amides is 1. The van der Waals surface area contributed by atoms with Crippen molar-refractivity contribution in [1.82, 2.24) is 15.2 Å². The van der Waals surface area contributed by atoms with Crippen LogP contribution in [0.2, 0.25) is 0 Å². The molecule has 1 amide bonds. The van der Waals surface area contributed by atoms with E-state index in [0.29, 0.717) is 37.4 Å². The smallest absolute Gasteiger partial charge is 0.271 e. The highest BCUT2D eigenvalue weighted by Gasteiger charge is 2.16. The van der Waals surface area contributed by atoms with Gasteiger partial charge in [-0.3, -0.25) is 9.69 Å².